The predicted molar refractivity (Wildman–Crippen MR) is 138 cm³/mol. The summed E-state index contributed by atoms with van der Waals surface area (Å²) in [6.45, 7) is 13.1. The molecule has 33 heavy (non-hydrogen) atoms. The summed E-state index contributed by atoms with van der Waals surface area (Å²) < 4.78 is 0. The van der Waals surface area contributed by atoms with E-state index in [1.807, 2.05) is 95.4 Å². The van der Waals surface area contributed by atoms with Crippen molar-refractivity contribution in [2.45, 2.75) is 48.5 Å². The van der Waals surface area contributed by atoms with Crippen LogP contribution in [0.25, 0.3) is 0 Å². The van der Waals surface area contributed by atoms with Crippen LogP contribution in [0.2, 0.25) is 0 Å². The van der Waals surface area contributed by atoms with Crippen LogP contribution in [-0.4, -0.2) is 16.7 Å². The Morgan fingerprint density at radius 2 is 1.42 bits per heavy atom. The third kappa shape index (κ3) is 10.5. The van der Waals surface area contributed by atoms with E-state index in [1.165, 1.54) is 6.08 Å². The van der Waals surface area contributed by atoms with Crippen molar-refractivity contribution in [3.05, 3.63) is 107 Å². The first kappa shape index (κ1) is 27.4. The molecule has 0 aromatic carbocycles. The van der Waals surface area contributed by atoms with Gasteiger partial charge in [-0.2, -0.15) is 0 Å². The molecule has 0 aliphatic heterocycles. The molecule has 0 amide bonds. The monoisotopic (exact) mass is 442 g/mol. The first-order valence-corrected chi connectivity index (χ1v) is 10.9. The molecule has 1 aliphatic carbocycles. The Bertz CT molecular complexity index is 1110. The minimum atomic E-state index is -0.473. The second-order valence-electron chi connectivity index (χ2n) is 8.60. The SMILES string of the molecule is CC(=O)/C(C)=C/C=C/C(C)=C/C=C/C=C(C)/C=C/C=C(\C)C#CC1=CC(=O)C(O)=CC1(C)C. The van der Waals surface area contributed by atoms with Crippen molar-refractivity contribution in [3.8, 4) is 11.8 Å². The molecular weight excluding hydrogens is 408 g/mol. The quantitative estimate of drug-likeness (QED) is 0.262. The lowest BCUT2D eigenvalue weighted by Crippen LogP contribution is -2.19. The van der Waals surface area contributed by atoms with E-state index >= 15 is 0 Å². The van der Waals surface area contributed by atoms with Crippen LogP contribution in [0.5, 0.6) is 0 Å². The fraction of sp³-hybridized carbons (Fsp3) is 0.267. The summed E-state index contributed by atoms with van der Waals surface area (Å²) in [7, 11) is 0. The number of aliphatic hydroxyl groups is 1. The van der Waals surface area contributed by atoms with Crippen LogP contribution in [0.1, 0.15) is 48.5 Å². The number of carbonyl (C=O) groups is 2. The predicted octanol–water partition coefficient (Wildman–Crippen LogP) is 7.01. The van der Waals surface area contributed by atoms with Crippen LogP contribution < -0.4 is 0 Å². The third-order valence-corrected chi connectivity index (χ3v) is 4.91. The van der Waals surface area contributed by atoms with E-state index in [-0.39, 0.29) is 11.5 Å². The smallest absolute Gasteiger partial charge is 0.220 e. The highest BCUT2D eigenvalue weighted by Crippen LogP contribution is 2.32. The molecule has 3 nitrogen and oxygen atoms in total. The molecule has 0 atom stereocenters. The first-order valence-electron chi connectivity index (χ1n) is 10.9. The fourth-order valence-electron chi connectivity index (χ4n) is 2.62. The maximum absolute atomic E-state index is 11.7. The largest absolute Gasteiger partial charge is 0.504 e. The van der Waals surface area contributed by atoms with Crippen molar-refractivity contribution in [3.63, 3.8) is 0 Å². The number of Topliss-reactive ketones (excluding diaryl/α,β-unsaturated/α-hetero) is 1. The van der Waals surface area contributed by atoms with Gasteiger partial charge in [-0.25, -0.2) is 0 Å². The van der Waals surface area contributed by atoms with Gasteiger partial charge >= 0.3 is 0 Å². The number of hydrogen-bond acceptors (Lipinski definition) is 3. The van der Waals surface area contributed by atoms with Crippen LogP contribution in [0.3, 0.4) is 0 Å². The summed E-state index contributed by atoms with van der Waals surface area (Å²) in [5.74, 6) is 5.57. The van der Waals surface area contributed by atoms with E-state index in [2.05, 4.69) is 11.8 Å². The van der Waals surface area contributed by atoms with E-state index in [0.717, 1.165) is 22.3 Å². The Morgan fingerprint density at radius 1 is 0.879 bits per heavy atom. The maximum Gasteiger partial charge on any atom is 0.220 e. The lowest BCUT2D eigenvalue weighted by atomic mass is 9.79. The molecule has 0 radical (unpaired) electrons. The molecule has 0 unspecified atom stereocenters. The zero-order valence-electron chi connectivity index (χ0n) is 20.7. The number of hydrogen-bond donors (Lipinski definition) is 1. The zero-order chi connectivity index (χ0) is 25.0. The number of ketones is 2. The fourth-order valence-corrected chi connectivity index (χ4v) is 2.62. The number of aliphatic hydroxyl groups excluding tert-OH is 1. The van der Waals surface area contributed by atoms with E-state index in [0.29, 0.717) is 5.57 Å². The Morgan fingerprint density at radius 3 is 1.97 bits per heavy atom. The van der Waals surface area contributed by atoms with Gasteiger partial charge < -0.3 is 5.11 Å². The van der Waals surface area contributed by atoms with Crippen molar-refractivity contribution >= 4 is 11.6 Å². The molecule has 0 saturated heterocycles. The average molecular weight is 443 g/mol. The number of carbonyl (C=O) groups excluding carboxylic acids is 2. The molecule has 0 fully saturated rings. The van der Waals surface area contributed by atoms with Gasteiger partial charge in [-0.15, -0.1) is 0 Å². The average Bonchev–Trinajstić information content (AvgIpc) is 2.72. The summed E-state index contributed by atoms with van der Waals surface area (Å²) in [6.07, 6.45) is 22.4. The molecule has 0 bridgehead atoms. The van der Waals surface area contributed by atoms with Gasteiger partial charge in [0.25, 0.3) is 0 Å². The minimum absolute atomic E-state index is 0.0764. The molecule has 0 aromatic heterocycles. The molecule has 0 aromatic rings. The number of allylic oxidation sites excluding steroid dienone is 17. The molecule has 1 rings (SSSR count). The van der Waals surface area contributed by atoms with Crippen molar-refractivity contribution in [2.75, 3.05) is 0 Å². The Labute approximate surface area is 198 Å². The summed E-state index contributed by atoms with van der Waals surface area (Å²) >= 11 is 0. The van der Waals surface area contributed by atoms with E-state index in [4.69, 9.17) is 0 Å². The molecule has 0 heterocycles. The van der Waals surface area contributed by atoms with Crippen molar-refractivity contribution in [1.29, 1.82) is 0 Å². The first-order chi connectivity index (χ1) is 15.4. The minimum Gasteiger partial charge on any atom is -0.504 e. The Hall–Kier alpha value is -3.64. The molecule has 0 spiro atoms. The summed E-state index contributed by atoms with van der Waals surface area (Å²) in [5.41, 5.74) is 3.99. The molecule has 0 saturated carbocycles. The highest BCUT2D eigenvalue weighted by atomic mass is 16.3. The van der Waals surface area contributed by atoms with Crippen LogP contribution in [0, 0.1) is 17.3 Å². The second-order valence-corrected chi connectivity index (χ2v) is 8.60. The lowest BCUT2D eigenvalue weighted by molar-refractivity contribution is -0.114. The van der Waals surface area contributed by atoms with E-state index in [1.54, 1.807) is 19.9 Å². The van der Waals surface area contributed by atoms with E-state index < -0.39 is 11.2 Å². The normalized spacial score (nSPS) is 18.0. The second kappa shape index (κ2) is 13.0. The zero-order valence-corrected chi connectivity index (χ0v) is 20.7. The van der Waals surface area contributed by atoms with Gasteiger partial charge in [0, 0.05) is 17.1 Å². The highest BCUT2D eigenvalue weighted by Gasteiger charge is 2.27. The van der Waals surface area contributed by atoms with Crippen molar-refractivity contribution < 1.29 is 14.7 Å². The standard InChI is InChI=1S/C30H34O3/c1-22(12-8-9-13-23(2)16-11-17-25(4)26(5)31)14-10-15-24(3)18-19-27-20-28(32)29(33)21-30(27,6)7/h8-17,20-21,33H,1-7H3/b9-8+,14-10+,16-11+,22-12+,23-13+,24-15+,25-17+. The Kier molecular flexibility index (Phi) is 10.8. The van der Waals surface area contributed by atoms with Crippen LogP contribution in [0.4, 0.5) is 0 Å². The van der Waals surface area contributed by atoms with Crippen LogP contribution in [0.15, 0.2) is 107 Å². The summed E-state index contributed by atoms with van der Waals surface area (Å²) in [5, 5.41) is 9.62. The van der Waals surface area contributed by atoms with Gasteiger partial charge in [-0.3, -0.25) is 9.59 Å². The maximum atomic E-state index is 11.7. The molecule has 1 aliphatic rings. The van der Waals surface area contributed by atoms with Gasteiger partial charge in [0.2, 0.25) is 5.78 Å². The van der Waals surface area contributed by atoms with Crippen LogP contribution in [-0.2, 0) is 9.59 Å². The van der Waals surface area contributed by atoms with Gasteiger partial charge in [0.15, 0.2) is 11.5 Å². The highest BCUT2D eigenvalue weighted by molar-refractivity contribution is 6.04. The number of rotatable bonds is 7. The van der Waals surface area contributed by atoms with Crippen LogP contribution >= 0.6 is 0 Å². The van der Waals surface area contributed by atoms with Gasteiger partial charge in [-0.1, -0.05) is 97.6 Å². The molecule has 3 heteroatoms. The van der Waals surface area contributed by atoms with E-state index in [9.17, 15) is 14.7 Å². The van der Waals surface area contributed by atoms with Crippen molar-refractivity contribution in [1.82, 2.24) is 0 Å². The van der Waals surface area contributed by atoms with Gasteiger partial charge in [0.1, 0.15) is 0 Å². The van der Waals surface area contributed by atoms with Gasteiger partial charge in [-0.05, 0) is 51.8 Å². The van der Waals surface area contributed by atoms with Crippen molar-refractivity contribution in [2.24, 2.45) is 5.41 Å². The molecule has 1 N–H and O–H groups in total. The summed E-state index contributed by atoms with van der Waals surface area (Å²) in [6, 6.07) is 0. The molecular formula is C30H34O3. The molecule has 172 valence electrons. The lowest BCUT2D eigenvalue weighted by Gasteiger charge is -2.23. The summed E-state index contributed by atoms with van der Waals surface area (Å²) in [4.78, 5) is 22.9. The Balaban J connectivity index is 2.71. The topological polar surface area (TPSA) is 54.4 Å². The third-order valence-electron chi connectivity index (χ3n) is 4.91. The van der Waals surface area contributed by atoms with Gasteiger partial charge in [0.05, 0.1) is 0 Å².